The molecule has 1 N–H and O–H groups in total. The quantitative estimate of drug-likeness (QED) is 0.345. The number of fused-ring (bicyclic) bond motifs is 2. The Hall–Kier alpha value is -2.96. The van der Waals surface area contributed by atoms with Crippen LogP contribution in [0, 0.1) is 0 Å². The summed E-state index contributed by atoms with van der Waals surface area (Å²) in [5.41, 5.74) is 2.15. The van der Waals surface area contributed by atoms with Gasteiger partial charge >= 0.3 is 5.97 Å². The molecule has 33 heavy (non-hydrogen) atoms. The van der Waals surface area contributed by atoms with Crippen LogP contribution in [-0.4, -0.2) is 30.9 Å². The summed E-state index contributed by atoms with van der Waals surface area (Å²) in [6, 6.07) is 24.1. The summed E-state index contributed by atoms with van der Waals surface area (Å²) in [4.78, 5) is 12.3. The van der Waals surface area contributed by atoms with Crippen molar-refractivity contribution >= 4 is 17.7 Å². The largest absolute Gasteiger partial charge is 0.494 e. The van der Waals surface area contributed by atoms with E-state index in [1.165, 1.54) is 17.6 Å². The molecule has 0 aliphatic carbocycles. The lowest BCUT2D eigenvalue weighted by Gasteiger charge is -2.16. The molecule has 0 amide bonds. The third-order valence-electron chi connectivity index (χ3n) is 5.64. The molecular formula is C27H28O5S. The molecule has 6 heteroatoms. The molecule has 1 heterocycles. The Morgan fingerprint density at radius 1 is 1.00 bits per heavy atom. The fraction of sp³-hybridized carbons (Fsp3) is 0.296. The predicted molar refractivity (Wildman–Crippen MR) is 129 cm³/mol. The van der Waals surface area contributed by atoms with Crippen molar-refractivity contribution in [3.63, 3.8) is 0 Å². The molecule has 1 aliphatic rings. The van der Waals surface area contributed by atoms with Gasteiger partial charge in [0.15, 0.2) is 6.10 Å². The van der Waals surface area contributed by atoms with E-state index in [2.05, 4.69) is 24.3 Å². The molecule has 0 saturated carbocycles. The number of para-hydroxylation sites is 2. The number of ether oxygens (including phenoxy) is 3. The normalized spacial score (nSPS) is 15.5. The highest BCUT2D eigenvalue weighted by Gasteiger charge is 2.23. The summed E-state index contributed by atoms with van der Waals surface area (Å²) >= 11 is 1.87. The van der Waals surface area contributed by atoms with Crippen LogP contribution in [0.1, 0.15) is 35.6 Å². The van der Waals surface area contributed by atoms with Crippen LogP contribution < -0.4 is 9.47 Å². The van der Waals surface area contributed by atoms with Crippen molar-refractivity contribution in [2.75, 3.05) is 13.7 Å². The van der Waals surface area contributed by atoms with Crippen molar-refractivity contribution in [1.82, 2.24) is 0 Å². The van der Waals surface area contributed by atoms with E-state index in [-0.39, 0.29) is 0 Å². The van der Waals surface area contributed by atoms with Gasteiger partial charge in [-0.25, -0.2) is 4.79 Å². The second kappa shape index (κ2) is 11.3. The van der Waals surface area contributed by atoms with Gasteiger partial charge in [-0.2, -0.15) is 0 Å². The highest BCUT2D eigenvalue weighted by molar-refractivity contribution is 7.99. The van der Waals surface area contributed by atoms with E-state index in [4.69, 9.17) is 19.3 Å². The third-order valence-corrected chi connectivity index (χ3v) is 7.00. The minimum atomic E-state index is -0.956. The first-order chi connectivity index (χ1) is 16.1. The minimum Gasteiger partial charge on any atom is -0.494 e. The van der Waals surface area contributed by atoms with Gasteiger partial charge in [-0.15, -0.1) is 11.8 Å². The molecule has 2 atom stereocenters. The molecule has 5 nitrogen and oxygen atoms in total. The predicted octanol–water partition coefficient (Wildman–Crippen LogP) is 6.52. The number of carboxylic acids is 1. The van der Waals surface area contributed by atoms with Crippen LogP contribution in [0.4, 0.5) is 0 Å². The summed E-state index contributed by atoms with van der Waals surface area (Å²) < 4.78 is 17.1. The standard InChI is InChI=1S/C27H28O5S/c1-30-24(27(28)29)18-19-13-15-20(16-14-19)31-17-7-6-11-25-21-8-2-3-9-22(21)32-23-10-4-5-12-26(23)33-25/h2-5,8-10,12-16,24-25H,6-7,11,17-18H2,1H3,(H,28,29). The fourth-order valence-electron chi connectivity index (χ4n) is 3.85. The summed E-state index contributed by atoms with van der Waals surface area (Å²) in [7, 11) is 1.41. The monoisotopic (exact) mass is 464 g/mol. The Morgan fingerprint density at radius 3 is 2.48 bits per heavy atom. The minimum absolute atomic E-state index is 0.333. The Bertz CT molecular complexity index is 1070. The number of methoxy groups -OCH3 is 1. The number of hydrogen-bond donors (Lipinski definition) is 1. The Morgan fingerprint density at radius 2 is 1.73 bits per heavy atom. The van der Waals surface area contributed by atoms with Gasteiger partial charge in [0.25, 0.3) is 0 Å². The van der Waals surface area contributed by atoms with Crippen molar-refractivity contribution in [2.24, 2.45) is 0 Å². The highest BCUT2D eigenvalue weighted by Crippen LogP contribution is 2.49. The van der Waals surface area contributed by atoms with E-state index in [9.17, 15) is 4.79 Å². The van der Waals surface area contributed by atoms with Crippen LogP contribution in [0.3, 0.4) is 0 Å². The molecule has 0 fully saturated rings. The zero-order valence-corrected chi connectivity index (χ0v) is 19.4. The van der Waals surface area contributed by atoms with Gasteiger partial charge in [0.1, 0.15) is 17.2 Å². The van der Waals surface area contributed by atoms with Gasteiger partial charge in [-0.1, -0.05) is 42.5 Å². The van der Waals surface area contributed by atoms with Gasteiger partial charge in [0.05, 0.1) is 11.5 Å². The van der Waals surface area contributed by atoms with Gasteiger partial charge in [0, 0.05) is 24.3 Å². The van der Waals surface area contributed by atoms with Gasteiger partial charge in [-0.3, -0.25) is 0 Å². The Balaban J connectivity index is 1.27. The zero-order valence-electron chi connectivity index (χ0n) is 18.6. The summed E-state index contributed by atoms with van der Waals surface area (Å²) in [6.07, 6.45) is 2.53. The molecule has 0 aromatic heterocycles. The summed E-state index contributed by atoms with van der Waals surface area (Å²) in [6.45, 7) is 0.640. The first-order valence-corrected chi connectivity index (χ1v) is 12.0. The second-order valence-electron chi connectivity index (χ2n) is 7.95. The number of carbonyl (C=O) groups is 1. The van der Waals surface area contributed by atoms with Crippen LogP contribution in [0.25, 0.3) is 0 Å². The fourth-order valence-corrected chi connectivity index (χ4v) is 5.15. The van der Waals surface area contributed by atoms with E-state index >= 15 is 0 Å². The molecule has 1 aliphatic heterocycles. The summed E-state index contributed by atoms with van der Waals surface area (Å²) in [5.74, 6) is 1.70. The molecular weight excluding hydrogens is 436 g/mol. The number of aliphatic carboxylic acids is 1. The smallest absolute Gasteiger partial charge is 0.333 e. The van der Waals surface area contributed by atoms with Crippen LogP contribution >= 0.6 is 11.8 Å². The SMILES string of the molecule is COC(Cc1ccc(OCCCCC2Sc3ccccc3Oc3ccccc32)cc1)C(=O)O. The molecule has 3 aromatic rings. The van der Waals surface area contributed by atoms with Crippen LogP contribution in [-0.2, 0) is 16.0 Å². The number of benzene rings is 3. The van der Waals surface area contributed by atoms with E-state index in [0.717, 1.165) is 42.1 Å². The molecule has 0 spiro atoms. The van der Waals surface area contributed by atoms with Gasteiger partial charge in [0.2, 0.25) is 0 Å². The van der Waals surface area contributed by atoms with Crippen molar-refractivity contribution in [3.05, 3.63) is 83.9 Å². The highest BCUT2D eigenvalue weighted by atomic mass is 32.2. The van der Waals surface area contributed by atoms with Gasteiger partial charge in [-0.05, 0) is 55.2 Å². The zero-order chi connectivity index (χ0) is 23.0. The van der Waals surface area contributed by atoms with Crippen LogP contribution in [0.5, 0.6) is 17.2 Å². The number of thioether (sulfide) groups is 1. The molecule has 0 radical (unpaired) electrons. The van der Waals surface area contributed by atoms with Crippen LogP contribution in [0.2, 0.25) is 0 Å². The van der Waals surface area contributed by atoms with Crippen molar-refractivity contribution in [3.8, 4) is 17.2 Å². The number of unbranched alkanes of at least 4 members (excludes halogenated alkanes) is 1. The van der Waals surface area contributed by atoms with Gasteiger partial charge < -0.3 is 19.3 Å². The van der Waals surface area contributed by atoms with Crippen molar-refractivity contribution < 1.29 is 24.1 Å². The Labute approximate surface area is 198 Å². The lowest BCUT2D eigenvalue weighted by molar-refractivity contribution is -0.148. The molecule has 4 rings (SSSR count). The first kappa shape index (κ1) is 23.2. The third kappa shape index (κ3) is 6.09. The number of carboxylic acid groups (broad SMARTS) is 1. The molecule has 0 saturated heterocycles. The maximum Gasteiger partial charge on any atom is 0.333 e. The lowest BCUT2D eigenvalue weighted by atomic mass is 10.1. The van der Waals surface area contributed by atoms with E-state index in [1.54, 1.807) is 0 Å². The first-order valence-electron chi connectivity index (χ1n) is 11.1. The number of hydrogen-bond acceptors (Lipinski definition) is 5. The van der Waals surface area contributed by atoms with Crippen molar-refractivity contribution in [2.45, 2.75) is 41.9 Å². The average molecular weight is 465 g/mol. The maximum atomic E-state index is 11.1. The van der Waals surface area contributed by atoms with Crippen LogP contribution in [0.15, 0.2) is 77.7 Å². The topological polar surface area (TPSA) is 65.0 Å². The second-order valence-corrected chi connectivity index (χ2v) is 9.19. The number of rotatable bonds is 10. The lowest BCUT2D eigenvalue weighted by Crippen LogP contribution is -2.24. The summed E-state index contributed by atoms with van der Waals surface area (Å²) in [5, 5.41) is 9.45. The van der Waals surface area contributed by atoms with E-state index < -0.39 is 12.1 Å². The average Bonchev–Trinajstić information content (AvgIpc) is 2.99. The maximum absolute atomic E-state index is 11.1. The molecule has 2 unspecified atom stereocenters. The Kier molecular flexibility index (Phi) is 7.92. The van der Waals surface area contributed by atoms with E-state index in [0.29, 0.717) is 18.3 Å². The molecule has 172 valence electrons. The molecule has 3 aromatic carbocycles. The molecule has 0 bridgehead atoms. The van der Waals surface area contributed by atoms with Crippen molar-refractivity contribution in [1.29, 1.82) is 0 Å². The van der Waals surface area contributed by atoms with E-state index in [1.807, 2.05) is 60.3 Å².